The maximum absolute atomic E-state index is 10.5. The number of ether oxygens (including phenoxy) is 2. The molecular weight excluding hydrogens is 557 g/mol. The highest BCUT2D eigenvalue weighted by molar-refractivity contribution is 5.70. The average molecular weight is 606 g/mol. The molecule has 1 unspecified atom stereocenters. The first-order valence-corrected chi connectivity index (χ1v) is 15.5. The molecule has 0 radical (unpaired) electrons. The summed E-state index contributed by atoms with van der Waals surface area (Å²) in [7, 11) is 1.80. The van der Waals surface area contributed by atoms with Crippen LogP contribution in [0.5, 0.6) is 5.75 Å². The lowest BCUT2D eigenvalue weighted by Crippen LogP contribution is -3.18. The van der Waals surface area contributed by atoms with Gasteiger partial charge in [0.15, 0.2) is 0 Å². The monoisotopic (exact) mass is 605 g/mol. The van der Waals surface area contributed by atoms with E-state index < -0.39 is 12.1 Å². The van der Waals surface area contributed by atoms with E-state index in [1.807, 2.05) is 4.90 Å². The fourth-order valence-electron chi connectivity index (χ4n) is 8.30. The van der Waals surface area contributed by atoms with Crippen LogP contribution in [0.2, 0.25) is 0 Å². The number of halogens is 3. The first-order valence-electron chi connectivity index (χ1n) is 15.5. The van der Waals surface area contributed by atoms with E-state index in [4.69, 9.17) is 19.4 Å². The fraction of sp³-hybridized carbons (Fsp3) is 0.618. The van der Waals surface area contributed by atoms with E-state index in [1.54, 1.807) is 12.7 Å². The van der Waals surface area contributed by atoms with E-state index in [9.17, 15) is 13.2 Å². The van der Waals surface area contributed by atoms with Gasteiger partial charge >= 0.3 is 6.18 Å². The van der Waals surface area contributed by atoms with Gasteiger partial charge in [-0.1, -0.05) is 69.2 Å². The summed E-state index contributed by atoms with van der Waals surface area (Å²) in [6.07, 6.45) is 4.71. The number of methoxy groups -OCH3 is 1. The number of alkyl halides is 3. The molecule has 3 aliphatic heterocycles. The smallest absolute Gasteiger partial charge is 0.430 e. The minimum absolute atomic E-state index is 0. The molecule has 6 nitrogen and oxygen atoms in total. The Balaban J connectivity index is 0.000000475. The molecule has 0 amide bonds. The van der Waals surface area contributed by atoms with Gasteiger partial charge in [0.1, 0.15) is 11.7 Å². The Morgan fingerprint density at radius 3 is 2.49 bits per heavy atom. The SMILES string of the molecule is C.COc1cccc2c1COC[C@]21C[NH2+]C[C@H]1C[NH+]1CC[C@@H](c2ccccc2)C[C@H]1C1CCCCC1.O=C([O-])C(F)(F)F. The third-order valence-electron chi connectivity index (χ3n) is 10.3. The van der Waals surface area contributed by atoms with Gasteiger partial charge in [0.25, 0.3) is 0 Å². The molecule has 0 aromatic heterocycles. The van der Waals surface area contributed by atoms with Crippen LogP contribution in [0.15, 0.2) is 48.5 Å². The standard InChI is InChI=1S/C31H42N2O2.C2HF3O2.CH4/c1-34-30-14-8-13-28-27(30)20-35-22-31(28)21-32-18-26(31)19-33-16-15-25(23-9-4-2-5-10-23)17-29(33)24-11-6-3-7-12-24;3-2(4,5)1(6)7;/h2,4-5,8-10,13-14,24-26,29,32H,3,6-7,11-12,15-22H2,1H3;(H,6,7);1H4/p+1/t25-,26+,29+,31+;;/m1../s1. The summed E-state index contributed by atoms with van der Waals surface area (Å²) < 4.78 is 43.6. The molecular formula is C34H48F3N2O4+. The number of benzene rings is 2. The largest absolute Gasteiger partial charge is 0.542 e. The third-order valence-corrected chi connectivity index (χ3v) is 10.3. The van der Waals surface area contributed by atoms with Crippen LogP contribution >= 0.6 is 0 Å². The summed E-state index contributed by atoms with van der Waals surface area (Å²) in [6.45, 7) is 6.53. The fourth-order valence-corrected chi connectivity index (χ4v) is 8.30. The van der Waals surface area contributed by atoms with E-state index in [-0.39, 0.29) is 12.8 Å². The van der Waals surface area contributed by atoms with Crippen molar-refractivity contribution in [3.63, 3.8) is 0 Å². The molecule has 2 aromatic carbocycles. The quantitative estimate of drug-likeness (QED) is 0.550. The van der Waals surface area contributed by atoms with Gasteiger partial charge in [0.05, 0.1) is 63.9 Å². The maximum atomic E-state index is 10.5. The number of likely N-dealkylation sites (tertiary alicyclic amines) is 1. The van der Waals surface area contributed by atoms with Gasteiger partial charge in [-0.15, -0.1) is 0 Å². The number of fused-ring (bicyclic) bond motifs is 2. The Labute approximate surface area is 253 Å². The van der Waals surface area contributed by atoms with Gasteiger partial charge in [0, 0.05) is 24.3 Å². The first kappa shape index (κ1) is 33.3. The summed E-state index contributed by atoms with van der Waals surface area (Å²) >= 11 is 0. The number of carboxylic acids is 1. The second-order valence-electron chi connectivity index (χ2n) is 12.6. The topological polar surface area (TPSA) is 79.6 Å². The highest BCUT2D eigenvalue weighted by Gasteiger charge is 2.53. The summed E-state index contributed by atoms with van der Waals surface area (Å²) in [5.41, 5.74) is 4.50. The van der Waals surface area contributed by atoms with E-state index in [0.29, 0.717) is 12.5 Å². The Morgan fingerprint density at radius 1 is 1.09 bits per heavy atom. The van der Waals surface area contributed by atoms with Crippen molar-refractivity contribution in [2.24, 2.45) is 11.8 Å². The van der Waals surface area contributed by atoms with Crippen LogP contribution in [0.3, 0.4) is 0 Å². The van der Waals surface area contributed by atoms with Gasteiger partial charge in [-0.25, -0.2) is 0 Å². The molecule has 6 rings (SSSR count). The molecule has 3 N–H and O–H groups in total. The molecule has 1 aliphatic carbocycles. The van der Waals surface area contributed by atoms with Crippen molar-refractivity contribution in [2.45, 2.75) is 82.5 Å². The molecule has 43 heavy (non-hydrogen) atoms. The zero-order chi connectivity index (χ0) is 29.7. The number of carbonyl (C=O) groups is 1. The Morgan fingerprint density at radius 2 is 1.81 bits per heavy atom. The molecule has 1 spiro atoms. The number of carbonyl (C=O) groups excluding carboxylic acids is 1. The van der Waals surface area contributed by atoms with E-state index in [1.165, 1.54) is 75.7 Å². The molecule has 2 saturated heterocycles. The van der Waals surface area contributed by atoms with Crippen molar-refractivity contribution in [3.05, 3.63) is 65.2 Å². The Hall–Kier alpha value is -2.62. The molecule has 4 aliphatic rings. The average Bonchev–Trinajstić information content (AvgIpc) is 3.40. The van der Waals surface area contributed by atoms with Crippen LogP contribution in [-0.4, -0.2) is 58.1 Å². The summed E-state index contributed by atoms with van der Waals surface area (Å²) in [5, 5.41) is 11.3. The van der Waals surface area contributed by atoms with Crippen LogP contribution in [0.4, 0.5) is 13.2 Å². The number of hydrogen-bond acceptors (Lipinski definition) is 4. The number of nitrogens with one attached hydrogen (secondary N) is 1. The molecule has 5 atom stereocenters. The molecule has 238 valence electrons. The molecule has 2 aromatic rings. The highest BCUT2D eigenvalue weighted by atomic mass is 19.4. The summed E-state index contributed by atoms with van der Waals surface area (Å²) in [4.78, 5) is 10.7. The number of aliphatic carboxylic acids is 1. The maximum Gasteiger partial charge on any atom is 0.430 e. The van der Waals surface area contributed by atoms with Gasteiger partial charge in [0.2, 0.25) is 0 Å². The zero-order valence-electron chi connectivity index (χ0n) is 24.5. The predicted molar refractivity (Wildman–Crippen MR) is 157 cm³/mol. The third kappa shape index (κ3) is 7.37. The number of carboxylic acid groups (broad SMARTS) is 1. The van der Waals surface area contributed by atoms with Crippen LogP contribution in [0, 0.1) is 11.8 Å². The minimum atomic E-state index is -5.19. The van der Waals surface area contributed by atoms with Gasteiger partial charge < -0.3 is 29.6 Å². The lowest BCUT2D eigenvalue weighted by atomic mass is 9.69. The van der Waals surface area contributed by atoms with Crippen molar-refractivity contribution in [3.8, 4) is 5.75 Å². The molecule has 1 saturated carbocycles. The van der Waals surface area contributed by atoms with Crippen LogP contribution in [0.25, 0.3) is 0 Å². The van der Waals surface area contributed by atoms with Crippen molar-refractivity contribution in [2.75, 3.05) is 39.9 Å². The highest BCUT2D eigenvalue weighted by Crippen LogP contribution is 2.42. The molecule has 3 heterocycles. The van der Waals surface area contributed by atoms with Crippen molar-refractivity contribution < 1.29 is 42.8 Å². The van der Waals surface area contributed by atoms with Crippen molar-refractivity contribution in [1.82, 2.24) is 0 Å². The lowest BCUT2D eigenvalue weighted by Gasteiger charge is -2.45. The molecule has 9 heteroatoms. The number of piperidine rings is 1. The van der Waals surface area contributed by atoms with E-state index >= 15 is 0 Å². The van der Waals surface area contributed by atoms with Crippen LogP contribution < -0.4 is 20.1 Å². The second-order valence-corrected chi connectivity index (χ2v) is 12.6. The summed E-state index contributed by atoms with van der Waals surface area (Å²) in [5.74, 6) is 0.291. The Kier molecular flexibility index (Phi) is 11.2. The normalized spacial score (nSPS) is 29.1. The zero-order valence-corrected chi connectivity index (χ0v) is 24.5. The second kappa shape index (κ2) is 14.4. The minimum Gasteiger partial charge on any atom is -0.542 e. The van der Waals surface area contributed by atoms with Crippen molar-refractivity contribution in [1.29, 1.82) is 0 Å². The van der Waals surface area contributed by atoms with Crippen LogP contribution in [0.1, 0.15) is 75.0 Å². The summed E-state index contributed by atoms with van der Waals surface area (Å²) in [6, 6.07) is 18.9. The number of quaternary nitrogens is 2. The van der Waals surface area contributed by atoms with Gasteiger partial charge in [-0.05, 0) is 36.0 Å². The number of hydrogen-bond donors (Lipinski definition) is 2. The van der Waals surface area contributed by atoms with E-state index in [0.717, 1.165) is 36.8 Å². The predicted octanol–water partition coefficient (Wildman–Crippen LogP) is 3.00. The Bertz CT molecular complexity index is 1190. The first-order chi connectivity index (χ1) is 20.2. The van der Waals surface area contributed by atoms with Gasteiger partial charge in [-0.3, -0.25) is 0 Å². The van der Waals surface area contributed by atoms with Crippen molar-refractivity contribution >= 4 is 5.97 Å². The number of nitrogens with two attached hydrogens (primary N) is 1. The van der Waals surface area contributed by atoms with E-state index in [2.05, 4.69) is 53.8 Å². The lowest BCUT2D eigenvalue weighted by molar-refractivity contribution is -0.939. The van der Waals surface area contributed by atoms with Gasteiger partial charge in [-0.2, -0.15) is 13.2 Å². The number of rotatable bonds is 5. The molecule has 0 bridgehead atoms. The molecule has 3 fully saturated rings. The van der Waals surface area contributed by atoms with Crippen LogP contribution in [-0.2, 0) is 21.6 Å².